The lowest BCUT2D eigenvalue weighted by atomic mass is 10.2. The maximum Gasteiger partial charge on any atom is 0.239 e. The minimum absolute atomic E-state index is 0.000391. The van der Waals surface area contributed by atoms with Gasteiger partial charge in [0.05, 0.1) is 25.9 Å². The van der Waals surface area contributed by atoms with Crippen molar-refractivity contribution in [2.75, 3.05) is 45.2 Å². The Hall–Kier alpha value is -2.45. The third-order valence-corrected chi connectivity index (χ3v) is 6.06. The van der Waals surface area contributed by atoms with E-state index in [2.05, 4.69) is 20.2 Å². The molecule has 8 heteroatoms. The molecule has 1 N–H and O–H groups in total. The highest BCUT2D eigenvalue weighted by molar-refractivity contribution is 5.91. The molecule has 1 aromatic heterocycles. The van der Waals surface area contributed by atoms with Crippen LogP contribution in [0.25, 0.3) is 0 Å². The van der Waals surface area contributed by atoms with Crippen molar-refractivity contribution in [1.82, 2.24) is 19.6 Å². The Morgan fingerprint density at radius 3 is 2.60 bits per heavy atom. The minimum atomic E-state index is -0.331. The number of aromatic nitrogens is 2. The van der Waals surface area contributed by atoms with Crippen molar-refractivity contribution in [3.8, 4) is 5.75 Å². The van der Waals surface area contributed by atoms with Crippen LogP contribution >= 0.6 is 0 Å². The molecule has 1 aromatic carbocycles. The molecule has 1 saturated heterocycles. The second kappa shape index (κ2) is 9.57. The summed E-state index contributed by atoms with van der Waals surface area (Å²) in [4.78, 5) is 17.0. The Morgan fingerprint density at radius 2 is 1.90 bits per heavy atom. The van der Waals surface area contributed by atoms with Gasteiger partial charge >= 0.3 is 0 Å². The van der Waals surface area contributed by atoms with Gasteiger partial charge in [-0.05, 0) is 30.5 Å². The largest absolute Gasteiger partial charge is 0.494 e. The summed E-state index contributed by atoms with van der Waals surface area (Å²) in [5, 5.41) is 7.45. The van der Waals surface area contributed by atoms with Crippen LogP contribution in [0.3, 0.4) is 0 Å². The maximum absolute atomic E-state index is 13.9. The van der Waals surface area contributed by atoms with Crippen molar-refractivity contribution in [1.29, 1.82) is 0 Å². The summed E-state index contributed by atoms with van der Waals surface area (Å²) in [6.07, 6.45) is 6.47. The number of amides is 1. The molecule has 0 unspecified atom stereocenters. The second-order valence-electron chi connectivity index (χ2n) is 8.17. The lowest BCUT2D eigenvalue weighted by Crippen LogP contribution is -2.48. The summed E-state index contributed by atoms with van der Waals surface area (Å²) in [5.74, 6) is 0.735. The summed E-state index contributed by atoms with van der Waals surface area (Å²) in [6.45, 7) is 4.39. The number of rotatable bonds is 7. The molecule has 0 spiro atoms. The summed E-state index contributed by atoms with van der Waals surface area (Å²) < 4.78 is 20.8. The van der Waals surface area contributed by atoms with E-state index in [0.717, 1.165) is 50.4 Å². The predicted molar refractivity (Wildman–Crippen MR) is 113 cm³/mol. The number of hydrogen-bond acceptors (Lipinski definition) is 5. The zero-order chi connectivity index (χ0) is 20.9. The molecule has 1 saturated carbocycles. The van der Waals surface area contributed by atoms with Crippen LogP contribution in [0, 0.1) is 5.82 Å². The predicted octanol–water partition coefficient (Wildman–Crippen LogP) is 2.90. The number of nitrogens with one attached hydrogen (secondary N) is 1. The van der Waals surface area contributed by atoms with Crippen LogP contribution < -0.4 is 10.1 Å². The number of carbonyl (C=O) groups excluding carboxylic acids is 1. The number of benzene rings is 1. The lowest BCUT2D eigenvalue weighted by molar-refractivity contribution is -0.117. The van der Waals surface area contributed by atoms with Crippen LogP contribution in [-0.2, 0) is 11.3 Å². The first-order valence-electron chi connectivity index (χ1n) is 10.7. The van der Waals surface area contributed by atoms with Gasteiger partial charge < -0.3 is 10.1 Å². The van der Waals surface area contributed by atoms with Crippen molar-refractivity contribution in [3.63, 3.8) is 0 Å². The third kappa shape index (κ3) is 4.99. The van der Waals surface area contributed by atoms with E-state index < -0.39 is 0 Å². The quantitative estimate of drug-likeness (QED) is 0.754. The monoisotopic (exact) mass is 415 g/mol. The molecule has 2 fully saturated rings. The van der Waals surface area contributed by atoms with E-state index in [-0.39, 0.29) is 17.5 Å². The van der Waals surface area contributed by atoms with E-state index >= 15 is 0 Å². The molecule has 4 rings (SSSR count). The van der Waals surface area contributed by atoms with E-state index in [1.54, 1.807) is 12.3 Å². The highest BCUT2D eigenvalue weighted by atomic mass is 19.1. The zero-order valence-electron chi connectivity index (χ0n) is 17.5. The Kier molecular flexibility index (Phi) is 6.64. The van der Waals surface area contributed by atoms with Crippen molar-refractivity contribution in [3.05, 3.63) is 41.8 Å². The fourth-order valence-electron chi connectivity index (χ4n) is 4.41. The Balaban J connectivity index is 1.23. The van der Waals surface area contributed by atoms with Gasteiger partial charge in [0.2, 0.25) is 5.91 Å². The maximum atomic E-state index is 13.9. The number of piperazine rings is 1. The van der Waals surface area contributed by atoms with Crippen LogP contribution in [-0.4, -0.2) is 65.3 Å². The summed E-state index contributed by atoms with van der Waals surface area (Å²) in [6, 6.07) is 7.38. The van der Waals surface area contributed by atoms with E-state index in [9.17, 15) is 9.18 Å². The van der Waals surface area contributed by atoms with Crippen molar-refractivity contribution < 1.29 is 13.9 Å². The van der Waals surface area contributed by atoms with E-state index in [1.807, 2.05) is 16.8 Å². The van der Waals surface area contributed by atoms with Crippen LogP contribution in [0.4, 0.5) is 10.2 Å². The molecule has 1 aliphatic carbocycles. The van der Waals surface area contributed by atoms with Crippen LogP contribution in [0.1, 0.15) is 37.3 Å². The van der Waals surface area contributed by atoms with Gasteiger partial charge in [-0.25, -0.2) is 9.07 Å². The standard InChI is InChI=1S/C22H30FN5O2/c1-30-20-7-6-17(14-19(20)23)15-26-10-12-27(13-11-26)16-22(29)25-21-8-9-24-28(21)18-4-2-3-5-18/h6-9,14,18H,2-5,10-13,15-16H2,1H3,(H,25,29). The molecule has 30 heavy (non-hydrogen) atoms. The SMILES string of the molecule is COc1ccc(CN2CCN(CC(=O)Nc3ccnn3C3CCCC3)CC2)cc1F. The summed E-state index contributed by atoms with van der Waals surface area (Å²) in [7, 11) is 1.47. The molecule has 1 aliphatic heterocycles. The molecular weight excluding hydrogens is 385 g/mol. The molecule has 7 nitrogen and oxygen atoms in total. The Morgan fingerprint density at radius 1 is 1.17 bits per heavy atom. The fraction of sp³-hybridized carbons (Fsp3) is 0.545. The van der Waals surface area contributed by atoms with Crippen LogP contribution in [0.5, 0.6) is 5.75 Å². The number of anilines is 1. The van der Waals surface area contributed by atoms with Crippen molar-refractivity contribution in [2.24, 2.45) is 0 Å². The number of nitrogens with zero attached hydrogens (tertiary/aromatic N) is 4. The van der Waals surface area contributed by atoms with E-state index in [4.69, 9.17) is 4.74 Å². The molecule has 2 aliphatic rings. The topological polar surface area (TPSA) is 62.6 Å². The van der Waals surface area contributed by atoms with Gasteiger partial charge in [-0.15, -0.1) is 0 Å². The molecule has 2 heterocycles. The molecule has 1 amide bonds. The van der Waals surface area contributed by atoms with Gasteiger partial charge in [0.1, 0.15) is 5.82 Å². The first kappa shape index (κ1) is 20.8. The number of halogens is 1. The zero-order valence-corrected chi connectivity index (χ0v) is 17.5. The number of hydrogen-bond donors (Lipinski definition) is 1. The number of carbonyl (C=O) groups is 1. The third-order valence-electron chi connectivity index (χ3n) is 6.06. The molecule has 0 bridgehead atoms. The molecule has 2 aromatic rings. The Labute approximate surface area is 176 Å². The lowest BCUT2D eigenvalue weighted by Gasteiger charge is -2.34. The first-order valence-corrected chi connectivity index (χ1v) is 10.7. The van der Waals surface area contributed by atoms with Crippen molar-refractivity contribution >= 4 is 11.7 Å². The normalized spacial score (nSPS) is 18.6. The average molecular weight is 416 g/mol. The van der Waals surface area contributed by atoms with Gasteiger partial charge in [0.25, 0.3) is 0 Å². The number of ether oxygens (including phenoxy) is 1. The van der Waals surface area contributed by atoms with Gasteiger partial charge in [0, 0.05) is 38.8 Å². The van der Waals surface area contributed by atoms with Crippen LogP contribution in [0.15, 0.2) is 30.5 Å². The van der Waals surface area contributed by atoms with E-state index in [1.165, 1.54) is 26.0 Å². The van der Waals surface area contributed by atoms with E-state index in [0.29, 0.717) is 19.1 Å². The summed E-state index contributed by atoms with van der Waals surface area (Å²) in [5.41, 5.74) is 0.930. The highest BCUT2D eigenvalue weighted by Crippen LogP contribution is 2.31. The summed E-state index contributed by atoms with van der Waals surface area (Å²) >= 11 is 0. The van der Waals surface area contributed by atoms with Gasteiger partial charge in [-0.1, -0.05) is 18.9 Å². The highest BCUT2D eigenvalue weighted by Gasteiger charge is 2.22. The van der Waals surface area contributed by atoms with Gasteiger partial charge in [0.15, 0.2) is 11.6 Å². The minimum Gasteiger partial charge on any atom is -0.494 e. The first-order chi connectivity index (χ1) is 14.6. The fourth-order valence-corrected chi connectivity index (χ4v) is 4.41. The molecular formula is C22H30FN5O2. The van der Waals surface area contributed by atoms with Crippen LogP contribution in [0.2, 0.25) is 0 Å². The Bertz CT molecular complexity index is 857. The second-order valence-corrected chi connectivity index (χ2v) is 8.17. The molecule has 0 atom stereocenters. The smallest absolute Gasteiger partial charge is 0.239 e. The average Bonchev–Trinajstić information content (AvgIpc) is 3.41. The van der Waals surface area contributed by atoms with Gasteiger partial charge in [-0.2, -0.15) is 5.10 Å². The molecule has 162 valence electrons. The van der Waals surface area contributed by atoms with Gasteiger partial charge in [-0.3, -0.25) is 14.6 Å². The molecule has 0 radical (unpaired) electrons. The number of methoxy groups -OCH3 is 1. The van der Waals surface area contributed by atoms with Crippen molar-refractivity contribution in [2.45, 2.75) is 38.3 Å².